The molecule has 2 rings (SSSR count). The maximum atomic E-state index is 12.1. The van der Waals surface area contributed by atoms with Crippen LogP contribution in [0, 0.1) is 10.1 Å². The normalized spacial score (nSPS) is 10.0. The second-order valence-corrected chi connectivity index (χ2v) is 6.14. The third kappa shape index (κ3) is 5.51. The minimum atomic E-state index is -0.863. The van der Waals surface area contributed by atoms with Crippen molar-refractivity contribution in [1.29, 1.82) is 0 Å². The highest BCUT2D eigenvalue weighted by Crippen LogP contribution is 2.25. The molecule has 0 unspecified atom stereocenters. The Hall–Kier alpha value is -3.95. The molecule has 152 valence electrons. The summed E-state index contributed by atoms with van der Waals surface area (Å²) in [6.07, 6.45) is 0. The van der Waals surface area contributed by atoms with Gasteiger partial charge in [-0.15, -0.1) is 0 Å². The van der Waals surface area contributed by atoms with Crippen molar-refractivity contribution in [3.05, 3.63) is 63.7 Å². The van der Waals surface area contributed by atoms with Gasteiger partial charge in [0.15, 0.2) is 6.61 Å². The Bertz CT molecular complexity index is 940. The number of nitro benzene ring substituents is 1. The van der Waals surface area contributed by atoms with Crippen molar-refractivity contribution >= 4 is 34.8 Å². The largest absolute Gasteiger partial charge is 0.452 e. The monoisotopic (exact) mass is 400 g/mol. The zero-order valence-corrected chi connectivity index (χ0v) is 16.1. The molecule has 0 saturated carbocycles. The Morgan fingerprint density at radius 1 is 1.07 bits per heavy atom. The van der Waals surface area contributed by atoms with Crippen molar-refractivity contribution in [3.8, 4) is 0 Å². The summed E-state index contributed by atoms with van der Waals surface area (Å²) in [7, 11) is 4.79. The molecule has 2 aromatic carbocycles. The number of esters is 1. The molecule has 0 aromatic heterocycles. The fourth-order valence-electron chi connectivity index (χ4n) is 2.39. The van der Waals surface area contributed by atoms with Gasteiger partial charge in [0, 0.05) is 38.5 Å². The fraction of sp³-hybridized carbons (Fsp3) is 0.211. The molecule has 0 heterocycles. The van der Waals surface area contributed by atoms with E-state index >= 15 is 0 Å². The van der Waals surface area contributed by atoms with Crippen molar-refractivity contribution < 1.29 is 24.0 Å². The highest BCUT2D eigenvalue weighted by molar-refractivity contribution is 5.97. The molecule has 0 saturated heterocycles. The summed E-state index contributed by atoms with van der Waals surface area (Å²) in [5.74, 6) is -1.63. The fourth-order valence-corrected chi connectivity index (χ4v) is 2.39. The van der Waals surface area contributed by atoms with Gasteiger partial charge in [-0.2, -0.15) is 0 Å². The van der Waals surface area contributed by atoms with E-state index in [1.165, 1.54) is 24.1 Å². The van der Waals surface area contributed by atoms with Crippen molar-refractivity contribution in [2.75, 3.05) is 38.4 Å². The van der Waals surface area contributed by atoms with Gasteiger partial charge in [-0.25, -0.2) is 4.79 Å². The Labute approximate surface area is 166 Å². The number of carbonyl (C=O) groups excluding carboxylic acids is 3. The Kier molecular flexibility index (Phi) is 6.85. The Morgan fingerprint density at radius 3 is 2.24 bits per heavy atom. The lowest BCUT2D eigenvalue weighted by molar-refractivity contribution is -0.384. The summed E-state index contributed by atoms with van der Waals surface area (Å²) in [5.41, 5.74) is 0.815. The lowest BCUT2D eigenvalue weighted by Gasteiger charge is -2.11. The number of amides is 2. The van der Waals surface area contributed by atoms with Crippen LogP contribution < -0.4 is 10.6 Å². The smallest absolute Gasteiger partial charge is 0.338 e. The molecule has 0 atom stereocenters. The van der Waals surface area contributed by atoms with Crippen LogP contribution in [0.15, 0.2) is 42.5 Å². The first-order chi connectivity index (χ1) is 13.7. The lowest BCUT2D eigenvalue weighted by atomic mass is 10.1. The molecular weight excluding hydrogens is 380 g/mol. The lowest BCUT2D eigenvalue weighted by Crippen LogP contribution is -2.22. The number of nitrogens with zero attached hydrogens (tertiary/aromatic N) is 2. The van der Waals surface area contributed by atoms with Crippen molar-refractivity contribution in [1.82, 2.24) is 4.90 Å². The third-order valence-electron chi connectivity index (χ3n) is 3.86. The van der Waals surface area contributed by atoms with Gasteiger partial charge in [0.1, 0.15) is 5.69 Å². The number of benzene rings is 2. The first-order valence-electron chi connectivity index (χ1n) is 8.47. The molecule has 2 N–H and O–H groups in total. The molecule has 0 radical (unpaired) electrons. The summed E-state index contributed by atoms with van der Waals surface area (Å²) < 4.78 is 4.91. The number of nitrogens with one attached hydrogen (secondary N) is 2. The summed E-state index contributed by atoms with van der Waals surface area (Å²) in [4.78, 5) is 47.7. The van der Waals surface area contributed by atoms with Gasteiger partial charge in [0.2, 0.25) is 0 Å². The van der Waals surface area contributed by atoms with Crippen LogP contribution in [0.1, 0.15) is 20.7 Å². The number of nitro groups is 1. The molecule has 0 bridgehead atoms. The van der Waals surface area contributed by atoms with Crippen LogP contribution in [0.2, 0.25) is 0 Å². The molecule has 29 heavy (non-hydrogen) atoms. The van der Waals surface area contributed by atoms with Gasteiger partial charge >= 0.3 is 5.97 Å². The molecule has 0 aliphatic heterocycles. The molecule has 2 amide bonds. The number of carbonyl (C=O) groups is 3. The van der Waals surface area contributed by atoms with E-state index < -0.39 is 23.4 Å². The van der Waals surface area contributed by atoms with Gasteiger partial charge in [-0.1, -0.05) is 0 Å². The van der Waals surface area contributed by atoms with E-state index in [0.717, 1.165) is 6.07 Å². The topological polar surface area (TPSA) is 131 Å². The van der Waals surface area contributed by atoms with Gasteiger partial charge in [-0.05, 0) is 36.4 Å². The SMILES string of the molecule is CNc1ccc(C(=O)OCC(=O)Nc2ccc(C(=O)N(C)C)cc2)cc1[N+](=O)[O-]. The zero-order chi connectivity index (χ0) is 21.6. The summed E-state index contributed by atoms with van der Waals surface area (Å²) in [6, 6.07) is 10.0. The Balaban J connectivity index is 1.95. The molecule has 0 aliphatic rings. The van der Waals surface area contributed by atoms with E-state index in [2.05, 4.69) is 10.6 Å². The van der Waals surface area contributed by atoms with E-state index in [4.69, 9.17) is 4.74 Å². The minimum Gasteiger partial charge on any atom is -0.452 e. The molecule has 2 aromatic rings. The van der Waals surface area contributed by atoms with Crippen LogP contribution in [0.25, 0.3) is 0 Å². The van der Waals surface area contributed by atoms with Gasteiger partial charge < -0.3 is 20.3 Å². The first-order valence-corrected chi connectivity index (χ1v) is 8.47. The second-order valence-electron chi connectivity index (χ2n) is 6.14. The van der Waals surface area contributed by atoms with Crippen LogP contribution >= 0.6 is 0 Å². The van der Waals surface area contributed by atoms with Crippen molar-refractivity contribution in [2.24, 2.45) is 0 Å². The van der Waals surface area contributed by atoms with Crippen LogP contribution in [0.4, 0.5) is 17.1 Å². The highest BCUT2D eigenvalue weighted by Gasteiger charge is 2.18. The van der Waals surface area contributed by atoms with Gasteiger partial charge in [0.25, 0.3) is 17.5 Å². The van der Waals surface area contributed by atoms with Crippen molar-refractivity contribution in [3.63, 3.8) is 0 Å². The summed E-state index contributed by atoms with van der Waals surface area (Å²) in [6.45, 7) is -0.571. The predicted molar refractivity (Wildman–Crippen MR) is 106 cm³/mol. The van der Waals surface area contributed by atoms with E-state index in [0.29, 0.717) is 11.3 Å². The number of rotatable bonds is 7. The van der Waals surface area contributed by atoms with Crippen LogP contribution in [0.5, 0.6) is 0 Å². The van der Waals surface area contributed by atoms with Crippen LogP contribution in [-0.2, 0) is 9.53 Å². The summed E-state index contributed by atoms with van der Waals surface area (Å²) in [5, 5.41) is 16.2. The maximum Gasteiger partial charge on any atom is 0.338 e. The molecule has 0 spiro atoms. The van der Waals surface area contributed by atoms with E-state index in [9.17, 15) is 24.5 Å². The molecule has 10 heteroatoms. The van der Waals surface area contributed by atoms with Crippen LogP contribution in [0.3, 0.4) is 0 Å². The molecule has 0 fully saturated rings. The van der Waals surface area contributed by atoms with E-state index in [-0.39, 0.29) is 22.8 Å². The number of anilines is 2. The van der Waals surface area contributed by atoms with E-state index in [1.54, 1.807) is 38.4 Å². The molecular formula is C19H20N4O6. The number of hydrogen-bond donors (Lipinski definition) is 2. The minimum absolute atomic E-state index is 0.0462. The zero-order valence-electron chi connectivity index (χ0n) is 16.1. The van der Waals surface area contributed by atoms with Gasteiger partial charge in [0.05, 0.1) is 10.5 Å². The van der Waals surface area contributed by atoms with Crippen LogP contribution in [-0.4, -0.2) is 55.4 Å². The average Bonchev–Trinajstić information content (AvgIpc) is 2.71. The summed E-state index contributed by atoms with van der Waals surface area (Å²) >= 11 is 0. The van der Waals surface area contributed by atoms with Crippen molar-refractivity contribution in [2.45, 2.75) is 0 Å². The Morgan fingerprint density at radius 2 is 1.69 bits per heavy atom. The third-order valence-corrected chi connectivity index (χ3v) is 3.86. The standard InChI is InChI=1S/C19H20N4O6/c1-20-15-9-6-13(10-16(15)23(27)28)19(26)29-11-17(24)21-14-7-4-12(5-8-14)18(25)22(2)3/h4-10,20H,11H2,1-3H3,(H,21,24). The first kappa shape index (κ1) is 21.4. The molecule has 10 nitrogen and oxygen atoms in total. The quantitative estimate of drug-likeness (QED) is 0.413. The predicted octanol–water partition coefficient (Wildman–Crippen LogP) is 2.13. The number of ether oxygens (including phenoxy) is 1. The second kappa shape index (κ2) is 9.31. The number of hydrogen-bond acceptors (Lipinski definition) is 7. The highest BCUT2D eigenvalue weighted by atomic mass is 16.6. The van der Waals surface area contributed by atoms with E-state index in [1.807, 2.05) is 0 Å². The molecule has 0 aliphatic carbocycles. The average molecular weight is 400 g/mol. The van der Waals surface area contributed by atoms with Gasteiger partial charge in [-0.3, -0.25) is 19.7 Å². The maximum absolute atomic E-state index is 12.1.